The van der Waals surface area contributed by atoms with Gasteiger partial charge in [-0.2, -0.15) is 0 Å². The SMILES string of the molecule is Cc1nc2ccccc2c(=O)n1CCCN(C)CCCN(C)Cc1ccccc1. The van der Waals surface area contributed by atoms with Crippen molar-refractivity contribution in [3.8, 4) is 0 Å². The molecule has 0 atom stereocenters. The van der Waals surface area contributed by atoms with Crippen molar-refractivity contribution >= 4 is 10.9 Å². The highest BCUT2D eigenvalue weighted by atomic mass is 16.1. The van der Waals surface area contributed by atoms with Gasteiger partial charge in [0.1, 0.15) is 5.82 Å². The van der Waals surface area contributed by atoms with Gasteiger partial charge in [-0.15, -0.1) is 0 Å². The number of fused-ring (bicyclic) bond motifs is 1. The topological polar surface area (TPSA) is 41.4 Å². The zero-order chi connectivity index (χ0) is 20.6. The van der Waals surface area contributed by atoms with Crippen LogP contribution in [0.2, 0.25) is 0 Å². The molecule has 154 valence electrons. The Morgan fingerprint density at radius 3 is 2.31 bits per heavy atom. The van der Waals surface area contributed by atoms with Gasteiger partial charge in [-0.1, -0.05) is 42.5 Å². The number of benzene rings is 2. The van der Waals surface area contributed by atoms with Gasteiger partial charge < -0.3 is 9.80 Å². The first-order valence-electron chi connectivity index (χ1n) is 10.4. The molecule has 0 saturated heterocycles. The third-order valence-corrected chi connectivity index (χ3v) is 5.35. The van der Waals surface area contributed by atoms with Crippen molar-refractivity contribution in [3.05, 3.63) is 76.3 Å². The van der Waals surface area contributed by atoms with E-state index < -0.39 is 0 Å². The molecule has 0 aliphatic carbocycles. The van der Waals surface area contributed by atoms with Crippen molar-refractivity contribution < 1.29 is 0 Å². The van der Waals surface area contributed by atoms with Crippen LogP contribution in [0.5, 0.6) is 0 Å². The maximum Gasteiger partial charge on any atom is 0.261 e. The van der Waals surface area contributed by atoms with Crippen LogP contribution in [0.3, 0.4) is 0 Å². The Balaban J connectivity index is 1.41. The van der Waals surface area contributed by atoms with E-state index in [0.29, 0.717) is 11.9 Å². The molecule has 0 aliphatic heterocycles. The molecule has 3 rings (SSSR count). The molecule has 0 unspecified atom stereocenters. The first-order chi connectivity index (χ1) is 14.0. The Morgan fingerprint density at radius 2 is 1.52 bits per heavy atom. The summed E-state index contributed by atoms with van der Waals surface area (Å²) in [7, 11) is 4.33. The maximum atomic E-state index is 12.7. The van der Waals surface area contributed by atoms with E-state index in [-0.39, 0.29) is 5.56 Å². The molecule has 2 aromatic carbocycles. The molecule has 5 heteroatoms. The fourth-order valence-electron chi connectivity index (χ4n) is 3.74. The second-order valence-electron chi connectivity index (χ2n) is 7.87. The lowest BCUT2D eigenvalue weighted by atomic mass is 10.2. The molecule has 0 bridgehead atoms. The molecule has 3 aromatic rings. The number of rotatable bonds is 10. The van der Waals surface area contributed by atoms with Crippen molar-refractivity contribution in [2.24, 2.45) is 0 Å². The number of hydrogen-bond acceptors (Lipinski definition) is 4. The Kier molecular flexibility index (Phi) is 7.55. The van der Waals surface area contributed by atoms with Crippen LogP contribution >= 0.6 is 0 Å². The number of aryl methyl sites for hydroxylation is 1. The fraction of sp³-hybridized carbons (Fsp3) is 0.417. The summed E-state index contributed by atoms with van der Waals surface area (Å²) in [4.78, 5) is 22.0. The molecule has 0 radical (unpaired) electrons. The molecule has 0 aliphatic rings. The van der Waals surface area contributed by atoms with Gasteiger partial charge >= 0.3 is 0 Å². The number of aromatic nitrogens is 2. The van der Waals surface area contributed by atoms with Crippen molar-refractivity contribution in [3.63, 3.8) is 0 Å². The summed E-state index contributed by atoms with van der Waals surface area (Å²) < 4.78 is 1.81. The summed E-state index contributed by atoms with van der Waals surface area (Å²) >= 11 is 0. The van der Waals surface area contributed by atoms with Crippen molar-refractivity contribution in [2.75, 3.05) is 33.7 Å². The Labute approximate surface area is 173 Å². The van der Waals surface area contributed by atoms with Crippen LogP contribution in [0.25, 0.3) is 10.9 Å². The van der Waals surface area contributed by atoms with E-state index in [1.165, 1.54) is 5.56 Å². The zero-order valence-electron chi connectivity index (χ0n) is 17.8. The Morgan fingerprint density at radius 1 is 0.862 bits per heavy atom. The summed E-state index contributed by atoms with van der Waals surface area (Å²) in [6.45, 7) is 6.72. The maximum absolute atomic E-state index is 12.7. The highest BCUT2D eigenvalue weighted by molar-refractivity contribution is 5.77. The lowest BCUT2D eigenvalue weighted by molar-refractivity contribution is 0.269. The lowest BCUT2D eigenvalue weighted by Crippen LogP contribution is -2.28. The molecule has 29 heavy (non-hydrogen) atoms. The molecule has 0 spiro atoms. The van der Waals surface area contributed by atoms with Gasteiger partial charge in [0, 0.05) is 13.1 Å². The first kappa shape index (κ1) is 21.2. The van der Waals surface area contributed by atoms with E-state index in [4.69, 9.17) is 0 Å². The average molecular weight is 393 g/mol. The van der Waals surface area contributed by atoms with E-state index in [9.17, 15) is 4.79 Å². The first-order valence-corrected chi connectivity index (χ1v) is 10.4. The predicted octanol–water partition coefficient (Wildman–Crippen LogP) is 3.55. The summed E-state index contributed by atoms with van der Waals surface area (Å²) in [6, 6.07) is 18.2. The predicted molar refractivity (Wildman–Crippen MR) is 120 cm³/mol. The van der Waals surface area contributed by atoms with E-state index in [1.807, 2.05) is 35.8 Å². The smallest absolute Gasteiger partial charge is 0.261 e. The van der Waals surface area contributed by atoms with Crippen molar-refractivity contribution in [1.29, 1.82) is 0 Å². The standard InChI is InChI=1S/C24H32N4O/c1-20-25-23-14-8-7-13-22(23)24(29)28(20)18-10-16-26(2)15-9-17-27(3)19-21-11-5-4-6-12-21/h4-8,11-14H,9-10,15-19H2,1-3H3. The van der Waals surface area contributed by atoms with Crippen molar-refractivity contribution in [2.45, 2.75) is 32.9 Å². The van der Waals surface area contributed by atoms with Gasteiger partial charge in [0.25, 0.3) is 5.56 Å². The van der Waals surface area contributed by atoms with Gasteiger partial charge in [-0.3, -0.25) is 9.36 Å². The van der Waals surface area contributed by atoms with E-state index in [1.54, 1.807) is 0 Å². The third kappa shape index (κ3) is 5.99. The number of para-hydroxylation sites is 1. The van der Waals surface area contributed by atoms with E-state index >= 15 is 0 Å². The van der Waals surface area contributed by atoms with Gasteiger partial charge in [0.2, 0.25) is 0 Å². The lowest BCUT2D eigenvalue weighted by Gasteiger charge is -2.21. The van der Waals surface area contributed by atoms with Gasteiger partial charge in [-0.25, -0.2) is 4.98 Å². The quantitative estimate of drug-likeness (QED) is 0.529. The van der Waals surface area contributed by atoms with E-state index in [0.717, 1.165) is 50.4 Å². The van der Waals surface area contributed by atoms with Crippen LogP contribution in [0.1, 0.15) is 24.2 Å². The largest absolute Gasteiger partial charge is 0.306 e. The summed E-state index contributed by atoms with van der Waals surface area (Å²) in [5, 5.41) is 0.702. The molecular weight excluding hydrogens is 360 g/mol. The Hall–Kier alpha value is -2.50. The molecule has 0 N–H and O–H groups in total. The molecule has 0 amide bonds. The average Bonchev–Trinajstić information content (AvgIpc) is 2.71. The second-order valence-corrected chi connectivity index (χ2v) is 7.87. The summed E-state index contributed by atoms with van der Waals surface area (Å²) in [6.07, 6.45) is 2.08. The monoisotopic (exact) mass is 392 g/mol. The highest BCUT2D eigenvalue weighted by Crippen LogP contribution is 2.08. The molecule has 0 fully saturated rings. The van der Waals surface area contributed by atoms with Crippen LogP contribution < -0.4 is 5.56 Å². The van der Waals surface area contributed by atoms with Crippen LogP contribution in [0.15, 0.2) is 59.4 Å². The minimum atomic E-state index is 0.0679. The van der Waals surface area contributed by atoms with Gasteiger partial charge in [0.15, 0.2) is 0 Å². The summed E-state index contributed by atoms with van der Waals surface area (Å²) in [5.41, 5.74) is 2.20. The van der Waals surface area contributed by atoms with Crippen LogP contribution in [0.4, 0.5) is 0 Å². The van der Waals surface area contributed by atoms with Gasteiger partial charge in [-0.05, 0) is 71.2 Å². The highest BCUT2D eigenvalue weighted by Gasteiger charge is 2.08. The molecule has 1 heterocycles. The zero-order valence-corrected chi connectivity index (χ0v) is 17.8. The van der Waals surface area contributed by atoms with Crippen LogP contribution in [-0.2, 0) is 13.1 Å². The second kappa shape index (κ2) is 10.3. The third-order valence-electron chi connectivity index (χ3n) is 5.35. The van der Waals surface area contributed by atoms with Crippen LogP contribution in [0, 0.1) is 6.92 Å². The Bertz CT molecular complexity index is 968. The summed E-state index contributed by atoms with van der Waals surface area (Å²) in [5.74, 6) is 0.791. The van der Waals surface area contributed by atoms with Crippen molar-refractivity contribution in [1.82, 2.24) is 19.4 Å². The molecule has 1 aromatic heterocycles. The molecule has 0 saturated carbocycles. The minimum absolute atomic E-state index is 0.0679. The van der Waals surface area contributed by atoms with Gasteiger partial charge in [0.05, 0.1) is 10.9 Å². The fourth-order valence-corrected chi connectivity index (χ4v) is 3.74. The number of hydrogen-bond donors (Lipinski definition) is 0. The normalized spacial score (nSPS) is 11.6. The molecule has 5 nitrogen and oxygen atoms in total. The van der Waals surface area contributed by atoms with Crippen LogP contribution in [-0.4, -0.2) is 53.1 Å². The molecular formula is C24H32N4O. The minimum Gasteiger partial charge on any atom is -0.306 e. The number of nitrogens with zero attached hydrogens (tertiary/aromatic N) is 4. The van der Waals surface area contributed by atoms with E-state index in [2.05, 4.69) is 59.2 Å².